The number of aliphatic hydroxyl groups is 3. The Labute approximate surface area is 361 Å². The van der Waals surface area contributed by atoms with Gasteiger partial charge in [-0.25, -0.2) is 9.59 Å². The molecule has 0 aromatic heterocycles. The normalized spacial score (nSPS) is 32.2. The van der Waals surface area contributed by atoms with Crippen LogP contribution in [0.15, 0.2) is 71.8 Å². The minimum absolute atomic E-state index is 0.0106. The molecule has 2 saturated carbocycles. The maximum atomic E-state index is 15.5. The third kappa shape index (κ3) is 8.26. The van der Waals surface area contributed by atoms with E-state index in [0.29, 0.717) is 5.56 Å². The molecule has 3 aliphatic carbocycles. The summed E-state index contributed by atoms with van der Waals surface area (Å²) in [6, 6.07) is 14.9. The van der Waals surface area contributed by atoms with Crippen LogP contribution < -0.4 is 5.32 Å². The Morgan fingerprint density at radius 3 is 2.10 bits per heavy atom. The van der Waals surface area contributed by atoms with E-state index in [1.807, 2.05) is 0 Å². The second kappa shape index (κ2) is 17.1. The molecular weight excluding hydrogens is 823 g/mol. The number of nitrogens with one attached hydrogen (secondary N) is 1. The van der Waals surface area contributed by atoms with Gasteiger partial charge in [-0.1, -0.05) is 62.4 Å². The summed E-state index contributed by atoms with van der Waals surface area (Å²) in [4.78, 5) is 93.5. The fourth-order valence-electron chi connectivity index (χ4n) is 10.0. The number of ether oxygens (including phenoxy) is 5. The molecule has 6 rings (SSSR count). The number of amides is 1. The summed E-state index contributed by atoms with van der Waals surface area (Å²) in [5.74, 6) is -6.83. The van der Waals surface area contributed by atoms with Gasteiger partial charge >= 0.3 is 23.9 Å². The van der Waals surface area contributed by atoms with Crippen LogP contribution in [0.1, 0.15) is 82.8 Å². The second-order valence-corrected chi connectivity index (χ2v) is 22.5. The van der Waals surface area contributed by atoms with Crippen molar-refractivity contribution in [1.82, 2.24) is 5.32 Å². The molecule has 5 N–H and O–H groups in total. The fourth-order valence-corrected chi connectivity index (χ4v) is 10.9. The number of hydrogen-bond donors (Lipinski definition) is 5. The maximum Gasteiger partial charge on any atom is 0.338 e. The Morgan fingerprint density at radius 1 is 0.935 bits per heavy atom. The largest absolute Gasteiger partial charge is 0.456 e. The van der Waals surface area contributed by atoms with Gasteiger partial charge in [0.05, 0.1) is 35.6 Å². The quantitative estimate of drug-likeness (QED) is 0.0891. The van der Waals surface area contributed by atoms with E-state index in [0.717, 1.165) is 13.8 Å². The molecule has 336 valence electrons. The van der Waals surface area contributed by atoms with E-state index in [2.05, 4.69) is 5.32 Å². The first-order chi connectivity index (χ1) is 28.9. The number of ketones is 1. The molecule has 1 amide bonds. The SMILES string of the molecule is CC(=O)O[C@H]1C(=O)[C@@]2(C)[C@H]([C@H](OC(=O)c3ccccc3)[C@]3(O)C[C@H](OC(=O)[C@H](O)[C@@H](NC(=O)CC[Si](C)(C)O)c4ccccc4)C(C)=C1C3(C)C)[C@]1(OC(C)=O)CO[C@@H]1C[C@@H]2O. The van der Waals surface area contributed by atoms with Crippen molar-refractivity contribution in [3.05, 3.63) is 82.9 Å². The highest BCUT2D eigenvalue weighted by Gasteiger charge is 2.78. The van der Waals surface area contributed by atoms with Crippen molar-refractivity contribution in [2.75, 3.05) is 6.61 Å². The predicted octanol–water partition coefficient (Wildman–Crippen LogP) is 3.01. The number of hydrogen-bond acceptors (Lipinski definition) is 15. The molecular formula is C45H57NO15Si. The first-order valence-electron chi connectivity index (χ1n) is 20.7. The average Bonchev–Trinajstić information content (AvgIpc) is 3.20. The van der Waals surface area contributed by atoms with Gasteiger partial charge in [-0.2, -0.15) is 0 Å². The first-order valence-corrected chi connectivity index (χ1v) is 23.9. The molecule has 2 aromatic carbocycles. The summed E-state index contributed by atoms with van der Waals surface area (Å²) in [5.41, 5.74) is -7.33. The Balaban J connectivity index is 1.52. The molecule has 17 heteroatoms. The molecule has 2 aromatic rings. The van der Waals surface area contributed by atoms with Gasteiger partial charge in [0.15, 0.2) is 31.9 Å². The zero-order valence-electron chi connectivity index (χ0n) is 36.2. The standard InChI is InChI=1S/C45H57NO15Si/c1-24-29(59-41(54)35(51)34(27-15-11-9-12-16-27)46-32(50)19-20-62(7,8)56)22-45(55)39(60-40(53)28-17-13-10-14-18-28)37-43(6,30(49)21-31-44(37,23-57-31)61-26(3)48)38(52)36(58-25(2)47)33(24)42(45,4)5/h9-18,29-31,34-37,39,49,51,55-56H,19-23H2,1-8H3,(H,46,50)/t29-,30-,31+,34-,35+,36+,37-,39-,43+,44-,45+/m0/s1. The number of aliphatic hydroxyl groups excluding tert-OH is 2. The van der Waals surface area contributed by atoms with Crippen LogP contribution in [-0.2, 0) is 47.7 Å². The lowest BCUT2D eigenvalue weighted by molar-refractivity contribution is -0.346. The Morgan fingerprint density at radius 2 is 1.55 bits per heavy atom. The van der Waals surface area contributed by atoms with Gasteiger partial charge < -0.3 is 49.1 Å². The molecule has 1 aliphatic heterocycles. The minimum Gasteiger partial charge on any atom is -0.456 e. The average molecular weight is 880 g/mol. The van der Waals surface area contributed by atoms with Gasteiger partial charge in [-0.3, -0.25) is 19.2 Å². The zero-order chi connectivity index (χ0) is 45.7. The van der Waals surface area contributed by atoms with Crippen molar-refractivity contribution in [1.29, 1.82) is 0 Å². The van der Waals surface area contributed by atoms with E-state index < -0.39 is 121 Å². The van der Waals surface area contributed by atoms with Crippen LogP contribution in [0, 0.1) is 16.7 Å². The number of esters is 4. The van der Waals surface area contributed by atoms with E-state index >= 15 is 4.79 Å². The van der Waals surface area contributed by atoms with Crippen molar-refractivity contribution in [3.63, 3.8) is 0 Å². The Kier molecular flexibility index (Phi) is 12.9. The minimum atomic E-state index is -2.64. The lowest BCUT2D eigenvalue weighted by Gasteiger charge is -2.67. The molecule has 0 unspecified atom stereocenters. The number of rotatable bonds is 12. The summed E-state index contributed by atoms with van der Waals surface area (Å²) >= 11 is 0. The van der Waals surface area contributed by atoms with Crippen molar-refractivity contribution < 1.29 is 72.6 Å². The number of Topliss-reactive ketones (excluding diaryl/α,β-unsaturated/α-hetero) is 1. The highest BCUT2D eigenvalue weighted by atomic mass is 28.4. The second-order valence-electron chi connectivity index (χ2n) is 18.4. The van der Waals surface area contributed by atoms with Gasteiger partial charge in [-0.05, 0) is 61.8 Å². The predicted molar refractivity (Wildman–Crippen MR) is 221 cm³/mol. The molecule has 3 fully saturated rings. The van der Waals surface area contributed by atoms with E-state index in [4.69, 9.17) is 23.7 Å². The summed E-state index contributed by atoms with van der Waals surface area (Å²) in [7, 11) is -2.64. The van der Waals surface area contributed by atoms with Gasteiger partial charge in [0.25, 0.3) is 0 Å². The number of carbonyl (C=O) groups excluding carboxylic acids is 6. The van der Waals surface area contributed by atoms with Gasteiger partial charge in [0.1, 0.15) is 23.9 Å². The molecule has 16 nitrogen and oxygen atoms in total. The fraction of sp³-hybridized carbons (Fsp3) is 0.556. The summed E-state index contributed by atoms with van der Waals surface area (Å²) in [5, 5.41) is 40.1. The van der Waals surface area contributed by atoms with Gasteiger partial charge in [0, 0.05) is 38.5 Å². The molecule has 62 heavy (non-hydrogen) atoms. The molecule has 4 aliphatic rings. The highest BCUT2D eigenvalue weighted by Crippen LogP contribution is 2.64. The third-order valence-corrected chi connectivity index (χ3v) is 14.9. The molecule has 1 saturated heterocycles. The van der Waals surface area contributed by atoms with Crippen LogP contribution in [0.5, 0.6) is 0 Å². The molecule has 0 radical (unpaired) electrons. The zero-order valence-corrected chi connectivity index (χ0v) is 37.2. The monoisotopic (exact) mass is 879 g/mol. The van der Waals surface area contributed by atoms with Crippen LogP contribution in [0.3, 0.4) is 0 Å². The third-order valence-electron chi connectivity index (χ3n) is 13.4. The smallest absolute Gasteiger partial charge is 0.338 e. The lowest BCUT2D eigenvalue weighted by Crippen LogP contribution is -2.82. The van der Waals surface area contributed by atoms with Crippen molar-refractivity contribution in [2.45, 2.75) is 134 Å². The summed E-state index contributed by atoms with van der Waals surface area (Å²) in [6.45, 7) is 11.3. The first kappa shape index (κ1) is 46.7. The molecule has 1 heterocycles. The molecule has 0 spiro atoms. The number of benzene rings is 2. The Hall–Kier alpha value is -4.78. The molecule has 11 atom stereocenters. The lowest BCUT2D eigenvalue weighted by atomic mass is 9.44. The van der Waals surface area contributed by atoms with Crippen LogP contribution in [-0.4, -0.2) is 118 Å². The maximum absolute atomic E-state index is 15.5. The summed E-state index contributed by atoms with van der Waals surface area (Å²) < 4.78 is 30.2. The summed E-state index contributed by atoms with van der Waals surface area (Å²) in [6.07, 6.45) is -10.6. The number of fused-ring (bicyclic) bond motifs is 5. The van der Waals surface area contributed by atoms with Crippen molar-refractivity contribution in [2.24, 2.45) is 16.7 Å². The van der Waals surface area contributed by atoms with E-state index in [1.54, 1.807) is 75.5 Å². The van der Waals surface area contributed by atoms with Crippen molar-refractivity contribution in [3.8, 4) is 0 Å². The van der Waals surface area contributed by atoms with E-state index in [9.17, 15) is 44.1 Å². The highest BCUT2D eigenvalue weighted by molar-refractivity contribution is 6.69. The topological polar surface area (TPSA) is 242 Å². The molecule has 2 bridgehead atoms. The van der Waals surface area contributed by atoms with Crippen LogP contribution in [0.25, 0.3) is 0 Å². The van der Waals surface area contributed by atoms with E-state index in [-0.39, 0.29) is 42.2 Å². The van der Waals surface area contributed by atoms with Crippen LogP contribution in [0.2, 0.25) is 19.1 Å². The van der Waals surface area contributed by atoms with Gasteiger partial charge in [0.2, 0.25) is 5.91 Å². The van der Waals surface area contributed by atoms with Crippen LogP contribution in [0.4, 0.5) is 0 Å². The van der Waals surface area contributed by atoms with Gasteiger partial charge in [-0.15, -0.1) is 0 Å². The van der Waals surface area contributed by atoms with Crippen LogP contribution >= 0.6 is 0 Å². The Bertz CT molecular complexity index is 2120. The van der Waals surface area contributed by atoms with Crippen molar-refractivity contribution >= 4 is 43.9 Å². The number of carbonyl (C=O) groups is 6. The van der Waals surface area contributed by atoms with E-state index in [1.165, 1.54) is 26.0 Å².